The molecular formula is C12H15NO2. The van der Waals surface area contributed by atoms with Gasteiger partial charge in [-0.15, -0.1) is 0 Å². The number of fused-ring (bicyclic) bond motifs is 2. The Labute approximate surface area is 89.3 Å². The summed E-state index contributed by atoms with van der Waals surface area (Å²) in [4.78, 5) is 2.41. The molecule has 2 atom stereocenters. The zero-order valence-electron chi connectivity index (χ0n) is 8.60. The van der Waals surface area contributed by atoms with Crippen molar-refractivity contribution in [2.45, 2.75) is 25.1 Å². The van der Waals surface area contributed by atoms with Gasteiger partial charge in [-0.3, -0.25) is 4.90 Å². The van der Waals surface area contributed by atoms with E-state index in [0.29, 0.717) is 17.9 Å². The molecule has 2 aliphatic heterocycles. The summed E-state index contributed by atoms with van der Waals surface area (Å²) in [7, 11) is 0. The number of para-hydroxylation sites is 1. The summed E-state index contributed by atoms with van der Waals surface area (Å²) in [6.45, 7) is 2.72. The Morgan fingerprint density at radius 2 is 2.27 bits per heavy atom. The maximum absolute atomic E-state index is 9.68. The highest BCUT2D eigenvalue weighted by Crippen LogP contribution is 2.30. The first-order chi connectivity index (χ1) is 7.33. The van der Waals surface area contributed by atoms with Crippen molar-refractivity contribution in [1.29, 1.82) is 0 Å². The van der Waals surface area contributed by atoms with Gasteiger partial charge in [-0.1, -0.05) is 18.2 Å². The van der Waals surface area contributed by atoms with Crippen molar-refractivity contribution in [3.63, 3.8) is 0 Å². The third kappa shape index (κ3) is 1.62. The summed E-state index contributed by atoms with van der Waals surface area (Å²) in [5.74, 6) is 0.404. The van der Waals surface area contributed by atoms with Crippen LogP contribution in [0.25, 0.3) is 0 Å². The van der Waals surface area contributed by atoms with Crippen LogP contribution in [0.5, 0.6) is 5.75 Å². The molecule has 1 aromatic rings. The van der Waals surface area contributed by atoms with Crippen molar-refractivity contribution < 1.29 is 9.84 Å². The van der Waals surface area contributed by atoms with Gasteiger partial charge >= 0.3 is 0 Å². The van der Waals surface area contributed by atoms with Crippen molar-refractivity contribution in [1.82, 2.24) is 4.90 Å². The Morgan fingerprint density at radius 3 is 2.93 bits per heavy atom. The minimum Gasteiger partial charge on any atom is -0.508 e. The highest BCUT2D eigenvalue weighted by Gasteiger charge is 2.38. The Balaban J connectivity index is 1.73. The van der Waals surface area contributed by atoms with E-state index in [0.717, 1.165) is 31.7 Å². The maximum Gasteiger partial charge on any atom is 0.120 e. The molecule has 2 unspecified atom stereocenters. The van der Waals surface area contributed by atoms with Gasteiger partial charge in [0.25, 0.3) is 0 Å². The van der Waals surface area contributed by atoms with E-state index in [1.54, 1.807) is 6.07 Å². The second-order valence-corrected chi connectivity index (χ2v) is 4.40. The second kappa shape index (κ2) is 3.51. The van der Waals surface area contributed by atoms with Crippen molar-refractivity contribution in [3.05, 3.63) is 29.8 Å². The molecule has 15 heavy (non-hydrogen) atoms. The Kier molecular flexibility index (Phi) is 2.15. The second-order valence-electron chi connectivity index (χ2n) is 4.40. The third-order valence-corrected chi connectivity index (χ3v) is 3.38. The zero-order chi connectivity index (χ0) is 10.3. The van der Waals surface area contributed by atoms with Gasteiger partial charge in [0.2, 0.25) is 0 Å². The van der Waals surface area contributed by atoms with E-state index in [9.17, 15) is 5.11 Å². The SMILES string of the molecule is Oc1ccccc1CN1CC2CC1CO2. The average Bonchev–Trinajstić information content (AvgIpc) is 2.83. The molecule has 0 radical (unpaired) electrons. The van der Waals surface area contributed by atoms with E-state index in [1.807, 2.05) is 18.2 Å². The lowest BCUT2D eigenvalue weighted by molar-refractivity contribution is 0.0270. The highest BCUT2D eigenvalue weighted by molar-refractivity contribution is 5.31. The van der Waals surface area contributed by atoms with Gasteiger partial charge in [0.05, 0.1) is 12.7 Å². The molecule has 1 N–H and O–H groups in total. The third-order valence-electron chi connectivity index (χ3n) is 3.38. The topological polar surface area (TPSA) is 32.7 Å². The molecule has 3 rings (SSSR count). The molecule has 2 fully saturated rings. The van der Waals surface area contributed by atoms with E-state index < -0.39 is 0 Å². The molecule has 3 nitrogen and oxygen atoms in total. The summed E-state index contributed by atoms with van der Waals surface area (Å²) in [6, 6.07) is 8.13. The minimum atomic E-state index is 0.404. The predicted octanol–water partition coefficient (Wildman–Crippen LogP) is 1.37. The van der Waals surface area contributed by atoms with Gasteiger partial charge < -0.3 is 9.84 Å². The first-order valence-electron chi connectivity index (χ1n) is 5.45. The number of aromatic hydroxyl groups is 1. The summed E-state index contributed by atoms with van der Waals surface area (Å²) < 4.78 is 5.55. The number of nitrogens with zero attached hydrogens (tertiary/aromatic N) is 1. The Morgan fingerprint density at radius 1 is 1.40 bits per heavy atom. The largest absolute Gasteiger partial charge is 0.508 e. The molecule has 80 valence electrons. The van der Waals surface area contributed by atoms with Gasteiger partial charge in [0.1, 0.15) is 5.75 Å². The van der Waals surface area contributed by atoms with Crippen LogP contribution in [0.3, 0.4) is 0 Å². The fraction of sp³-hybridized carbons (Fsp3) is 0.500. The van der Waals surface area contributed by atoms with Crippen LogP contribution in [0.2, 0.25) is 0 Å². The monoisotopic (exact) mass is 205 g/mol. The maximum atomic E-state index is 9.68. The number of likely N-dealkylation sites (tertiary alicyclic amines) is 1. The number of phenolic OH excluding ortho intramolecular Hbond substituents is 1. The number of rotatable bonds is 2. The number of hydrogen-bond donors (Lipinski definition) is 1. The first kappa shape index (κ1) is 9.19. The lowest BCUT2D eigenvalue weighted by Crippen LogP contribution is -2.36. The summed E-state index contributed by atoms with van der Waals surface area (Å²) in [5, 5.41) is 9.68. The summed E-state index contributed by atoms with van der Waals surface area (Å²) in [5.41, 5.74) is 1.02. The number of hydrogen-bond acceptors (Lipinski definition) is 3. The van der Waals surface area contributed by atoms with Gasteiger partial charge in [0, 0.05) is 24.7 Å². The quantitative estimate of drug-likeness (QED) is 0.791. The molecule has 0 saturated carbocycles. The zero-order valence-corrected chi connectivity index (χ0v) is 8.60. The van der Waals surface area contributed by atoms with Gasteiger partial charge in [-0.05, 0) is 12.5 Å². The molecule has 0 aliphatic carbocycles. The molecule has 0 amide bonds. The van der Waals surface area contributed by atoms with Crippen LogP contribution in [0, 0.1) is 0 Å². The molecule has 1 aromatic carbocycles. The molecule has 2 saturated heterocycles. The highest BCUT2D eigenvalue weighted by atomic mass is 16.5. The van der Waals surface area contributed by atoms with E-state index in [2.05, 4.69) is 4.90 Å². The summed E-state index contributed by atoms with van der Waals surface area (Å²) >= 11 is 0. The lowest BCUT2D eigenvalue weighted by Gasteiger charge is -2.26. The van der Waals surface area contributed by atoms with Crippen LogP contribution in [0.1, 0.15) is 12.0 Å². The van der Waals surface area contributed by atoms with Crippen LogP contribution < -0.4 is 0 Å². The van der Waals surface area contributed by atoms with Crippen molar-refractivity contribution in [3.8, 4) is 5.75 Å². The van der Waals surface area contributed by atoms with Crippen LogP contribution in [-0.2, 0) is 11.3 Å². The van der Waals surface area contributed by atoms with E-state index in [1.165, 1.54) is 0 Å². The molecule has 2 aliphatic rings. The average molecular weight is 205 g/mol. The normalized spacial score (nSPS) is 29.9. The molecule has 0 aromatic heterocycles. The van der Waals surface area contributed by atoms with Gasteiger partial charge in [0.15, 0.2) is 0 Å². The molecule has 2 bridgehead atoms. The minimum absolute atomic E-state index is 0.404. The lowest BCUT2D eigenvalue weighted by atomic mass is 10.2. The smallest absolute Gasteiger partial charge is 0.120 e. The number of ether oxygens (including phenoxy) is 1. The fourth-order valence-electron chi connectivity index (χ4n) is 2.54. The van der Waals surface area contributed by atoms with E-state index in [-0.39, 0.29) is 0 Å². The summed E-state index contributed by atoms with van der Waals surface area (Å²) in [6.07, 6.45) is 1.59. The van der Waals surface area contributed by atoms with Crippen molar-refractivity contribution >= 4 is 0 Å². The Bertz CT molecular complexity index is 366. The predicted molar refractivity (Wildman–Crippen MR) is 56.7 cm³/mol. The number of morpholine rings is 1. The van der Waals surface area contributed by atoms with Gasteiger partial charge in [-0.2, -0.15) is 0 Å². The number of benzene rings is 1. The van der Waals surface area contributed by atoms with E-state index >= 15 is 0 Å². The molecule has 3 heteroatoms. The standard InChI is InChI=1S/C12H15NO2/c14-12-4-2-1-3-9(12)6-13-7-11-5-10(13)8-15-11/h1-4,10-11,14H,5-8H2. The first-order valence-corrected chi connectivity index (χ1v) is 5.45. The molecule has 2 heterocycles. The van der Waals surface area contributed by atoms with Crippen LogP contribution in [0.4, 0.5) is 0 Å². The van der Waals surface area contributed by atoms with Crippen LogP contribution in [0.15, 0.2) is 24.3 Å². The molecular weight excluding hydrogens is 190 g/mol. The van der Waals surface area contributed by atoms with Crippen molar-refractivity contribution in [2.24, 2.45) is 0 Å². The van der Waals surface area contributed by atoms with Crippen LogP contribution >= 0.6 is 0 Å². The van der Waals surface area contributed by atoms with Crippen LogP contribution in [-0.4, -0.2) is 35.3 Å². The van der Waals surface area contributed by atoms with E-state index in [4.69, 9.17) is 4.74 Å². The van der Waals surface area contributed by atoms with Crippen molar-refractivity contribution in [2.75, 3.05) is 13.2 Å². The number of phenols is 1. The Hall–Kier alpha value is -1.06. The fourth-order valence-corrected chi connectivity index (χ4v) is 2.54. The van der Waals surface area contributed by atoms with Gasteiger partial charge in [-0.25, -0.2) is 0 Å². The molecule has 0 spiro atoms.